The molecule has 0 saturated heterocycles. The Balaban J connectivity index is 3.51. The molecule has 124 valence electrons. The molecule has 5 heteroatoms. The molecule has 0 heterocycles. The van der Waals surface area contributed by atoms with Crippen LogP contribution in [0.2, 0.25) is 0 Å². The zero-order valence-corrected chi connectivity index (χ0v) is 14.5. The second kappa shape index (κ2) is 14.2. The molecule has 0 aliphatic rings. The lowest BCUT2D eigenvalue weighted by molar-refractivity contribution is -0.156. The molecule has 0 bridgehead atoms. The first-order valence-corrected chi connectivity index (χ1v) is 9.06. The second-order valence-electron chi connectivity index (χ2n) is 5.22. The second-order valence-corrected chi connectivity index (χ2v) is 6.42. The first kappa shape index (κ1) is 20.3. The molecule has 0 fully saturated rings. The molecule has 0 amide bonds. The van der Waals surface area contributed by atoms with Gasteiger partial charge in [0, 0.05) is 5.75 Å². The first-order chi connectivity index (χ1) is 10.1. The van der Waals surface area contributed by atoms with E-state index < -0.39 is 5.30 Å². The summed E-state index contributed by atoms with van der Waals surface area (Å²) in [5, 5.41) is -0.398. The van der Waals surface area contributed by atoms with Crippen LogP contribution in [0.25, 0.3) is 0 Å². The van der Waals surface area contributed by atoms with Crippen LogP contribution in [0.3, 0.4) is 0 Å². The highest BCUT2D eigenvalue weighted by Crippen LogP contribution is 2.14. The number of hydrogen-bond donors (Lipinski definition) is 0. The van der Waals surface area contributed by atoms with E-state index in [0.717, 1.165) is 24.6 Å². The standard InChI is InChI=1S/C16H30O4S/c1-4-6-7-8-9-10-11-12-14(3)15(17)19-13-20-16(18)21-5-2/h14H,4-13H2,1-3H3. The molecule has 21 heavy (non-hydrogen) atoms. The summed E-state index contributed by atoms with van der Waals surface area (Å²) in [5.74, 6) is 0.245. The number of esters is 1. The van der Waals surface area contributed by atoms with Crippen LogP contribution in [-0.4, -0.2) is 23.8 Å². The van der Waals surface area contributed by atoms with Crippen molar-refractivity contribution in [2.24, 2.45) is 5.92 Å². The maximum Gasteiger partial charge on any atom is 0.370 e. The van der Waals surface area contributed by atoms with Gasteiger partial charge in [0.1, 0.15) is 0 Å². The van der Waals surface area contributed by atoms with Crippen molar-refractivity contribution in [3.8, 4) is 0 Å². The molecule has 1 unspecified atom stereocenters. The summed E-state index contributed by atoms with van der Waals surface area (Å²) in [6, 6.07) is 0. The largest absolute Gasteiger partial charge is 0.428 e. The lowest BCUT2D eigenvalue weighted by Gasteiger charge is -2.11. The molecule has 0 rings (SSSR count). The van der Waals surface area contributed by atoms with Crippen molar-refractivity contribution in [3.05, 3.63) is 0 Å². The number of ether oxygens (including phenoxy) is 2. The molecular formula is C16H30O4S. The monoisotopic (exact) mass is 318 g/mol. The minimum absolute atomic E-state index is 0.127. The third-order valence-electron chi connectivity index (χ3n) is 3.28. The van der Waals surface area contributed by atoms with E-state index in [-0.39, 0.29) is 18.7 Å². The summed E-state index contributed by atoms with van der Waals surface area (Å²) in [6.45, 7) is 5.67. The Morgan fingerprint density at radius 2 is 1.57 bits per heavy atom. The number of thioether (sulfide) groups is 1. The van der Waals surface area contributed by atoms with E-state index in [9.17, 15) is 9.59 Å². The van der Waals surface area contributed by atoms with Crippen molar-refractivity contribution in [1.82, 2.24) is 0 Å². The zero-order chi connectivity index (χ0) is 15.9. The summed E-state index contributed by atoms with van der Waals surface area (Å²) < 4.78 is 9.70. The van der Waals surface area contributed by atoms with E-state index >= 15 is 0 Å². The summed E-state index contributed by atoms with van der Waals surface area (Å²) in [5.41, 5.74) is 0. The molecule has 4 nitrogen and oxygen atoms in total. The predicted molar refractivity (Wildman–Crippen MR) is 87.3 cm³/mol. The molecule has 0 aromatic rings. The zero-order valence-electron chi connectivity index (χ0n) is 13.7. The summed E-state index contributed by atoms with van der Waals surface area (Å²) in [7, 11) is 0. The maximum atomic E-state index is 11.7. The third-order valence-corrected chi connectivity index (χ3v) is 3.93. The first-order valence-electron chi connectivity index (χ1n) is 8.08. The Bertz CT molecular complexity index is 281. The number of carbonyl (C=O) groups excluding carboxylic acids is 2. The van der Waals surface area contributed by atoms with Gasteiger partial charge in [-0.1, -0.05) is 65.7 Å². The molecule has 0 radical (unpaired) electrons. The van der Waals surface area contributed by atoms with Gasteiger partial charge in [-0.15, -0.1) is 0 Å². The topological polar surface area (TPSA) is 52.6 Å². The van der Waals surface area contributed by atoms with Crippen LogP contribution in [0.1, 0.15) is 72.1 Å². The number of unbranched alkanes of at least 4 members (excludes halogenated alkanes) is 6. The van der Waals surface area contributed by atoms with E-state index in [1.54, 1.807) is 0 Å². The van der Waals surface area contributed by atoms with Crippen LogP contribution >= 0.6 is 11.8 Å². The summed E-state index contributed by atoms with van der Waals surface area (Å²) in [6.07, 6.45) is 9.49. The average Bonchev–Trinajstić information content (AvgIpc) is 2.46. The van der Waals surface area contributed by atoms with E-state index in [0.29, 0.717) is 5.75 Å². The van der Waals surface area contributed by atoms with Crippen molar-refractivity contribution in [1.29, 1.82) is 0 Å². The lowest BCUT2D eigenvalue weighted by atomic mass is 10.0. The van der Waals surface area contributed by atoms with E-state index in [1.165, 1.54) is 38.5 Å². The normalized spacial score (nSPS) is 12.0. The van der Waals surface area contributed by atoms with E-state index in [2.05, 4.69) is 6.92 Å². The van der Waals surface area contributed by atoms with E-state index in [4.69, 9.17) is 9.47 Å². The van der Waals surface area contributed by atoms with Gasteiger partial charge in [0.2, 0.25) is 6.79 Å². The van der Waals surface area contributed by atoms with Gasteiger partial charge in [-0.2, -0.15) is 0 Å². The van der Waals surface area contributed by atoms with Crippen molar-refractivity contribution in [2.75, 3.05) is 12.5 Å². The van der Waals surface area contributed by atoms with Gasteiger partial charge in [-0.3, -0.25) is 4.79 Å². The van der Waals surface area contributed by atoms with Crippen LogP contribution < -0.4 is 0 Å². The van der Waals surface area contributed by atoms with Crippen LogP contribution in [0.15, 0.2) is 0 Å². The molecule has 1 atom stereocenters. The van der Waals surface area contributed by atoms with Gasteiger partial charge in [0.05, 0.1) is 5.92 Å². The van der Waals surface area contributed by atoms with Crippen LogP contribution in [0.4, 0.5) is 4.79 Å². The van der Waals surface area contributed by atoms with Crippen molar-refractivity contribution >= 4 is 23.0 Å². The average molecular weight is 318 g/mol. The predicted octanol–water partition coefficient (Wildman–Crippen LogP) is 5.15. The molecule has 0 aliphatic carbocycles. The fourth-order valence-corrected chi connectivity index (χ4v) is 2.33. The van der Waals surface area contributed by atoms with Gasteiger partial charge in [-0.25, -0.2) is 4.79 Å². The smallest absolute Gasteiger partial charge is 0.370 e. The number of rotatable bonds is 12. The Morgan fingerprint density at radius 3 is 2.19 bits per heavy atom. The highest BCUT2D eigenvalue weighted by atomic mass is 32.2. The minimum atomic E-state index is -0.398. The molecule has 0 saturated carbocycles. The molecular weight excluding hydrogens is 288 g/mol. The van der Waals surface area contributed by atoms with E-state index in [1.807, 2.05) is 13.8 Å². The summed E-state index contributed by atoms with van der Waals surface area (Å²) in [4.78, 5) is 22.7. The Hall–Kier alpha value is -0.710. The number of carbonyl (C=O) groups is 2. The van der Waals surface area contributed by atoms with Crippen molar-refractivity contribution < 1.29 is 19.1 Å². The molecule has 0 aromatic carbocycles. The van der Waals surface area contributed by atoms with Gasteiger partial charge in [0.25, 0.3) is 0 Å². The number of hydrogen-bond acceptors (Lipinski definition) is 5. The fourth-order valence-electron chi connectivity index (χ4n) is 1.96. The Kier molecular flexibility index (Phi) is 13.8. The Morgan fingerprint density at radius 1 is 0.952 bits per heavy atom. The third kappa shape index (κ3) is 12.7. The van der Waals surface area contributed by atoms with Gasteiger partial charge in [0.15, 0.2) is 0 Å². The molecule has 0 aromatic heterocycles. The van der Waals surface area contributed by atoms with Crippen LogP contribution in [0.5, 0.6) is 0 Å². The van der Waals surface area contributed by atoms with Crippen molar-refractivity contribution in [2.45, 2.75) is 72.1 Å². The highest BCUT2D eigenvalue weighted by Gasteiger charge is 2.14. The van der Waals surface area contributed by atoms with Crippen LogP contribution in [-0.2, 0) is 14.3 Å². The Labute approximate surface area is 133 Å². The lowest BCUT2D eigenvalue weighted by Crippen LogP contribution is -2.17. The van der Waals surface area contributed by atoms with Crippen molar-refractivity contribution in [3.63, 3.8) is 0 Å². The quantitative estimate of drug-likeness (QED) is 0.283. The van der Waals surface area contributed by atoms with Gasteiger partial charge < -0.3 is 9.47 Å². The molecule has 0 aliphatic heterocycles. The van der Waals surface area contributed by atoms with Gasteiger partial charge in [-0.05, 0) is 18.2 Å². The summed E-state index contributed by atoms with van der Waals surface area (Å²) >= 11 is 1.06. The highest BCUT2D eigenvalue weighted by molar-refractivity contribution is 8.13. The van der Waals surface area contributed by atoms with Gasteiger partial charge >= 0.3 is 11.3 Å². The minimum Gasteiger partial charge on any atom is -0.428 e. The molecule has 0 N–H and O–H groups in total. The van der Waals surface area contributed by atoms with Crippen LogP contribution in [0, 0.1) is 5.92 Å². The maximum absolute atomic E-state index is 11.7. The SMILES string of the molecule is CCCCCCCCCC(C)C(=O)OCOC(=O)SCC. The fraction of sp³-hybridized carbons (Fsp3) is 0.875. The molecule has 0 spiro atoms.